The number of rotatable bonds is 1. The second-order valence-corrected chi connectivity index (χ2v) is 5.76. The Hall–Kier alpha value is -2.08. The molecule has 3 heterocycles. The molecule has 1 amide bonds. The van der Waals surface area contributed by atoms with E-state index in [2.05, 4.69) is 20.1 Å². The molecule has 2 saturated heterocycles. The first-order valence-corrected chi connectivity index (χ1v) is 7.34. The zero-order valence-corrected chi connectivity index (χ0v) is 12.0. The Labute approximate surface area is 122 Å². The maximum atomic E-state index is 12.0. The summed E-state index contributed by atoms with van der Waals surface area (Å²) in [6, 6.07) is 6.51. The van der Waals surface area contributed by atoms with Crippen LogP contribution < -0.4 is 10.2 Å². The molecule has 2 fully saturated rings. The molecular weight excluding hydrogens is 268 g/mol. The summed E-state index contributed by atoms with van der Waals surface area (Å²) in [5.41, 5.74) is 2.84. The SMILES string of the molecule is Cc1ccc2oc(N3CCN4CCNC(=O)C4C3)nc2c1. The van der Waals surface area contributed by atoms with Crippen molar-refractivity contribution >= 4 is 23.0 Å². The van der Waals surface area contributed by atoms with Crippen molar-refractivity contribution in [2.24, 2.45) is 0 Å². The zero-order valence-electron chi connectivity index (χ0n) is 12.0. The molecule has 1 aromatic heterocycles. The van der Waals surface area contributed by atoms with Crippen LogP contribution in [0, 0.1) is 6.92 Å². The van der Waals surface area contributed by atoms with Gasteiger partial charge in [0.25, 0.3) is 6.01 Å². The number of carbonyl (C=O) groups is 1. The summed E-state index contributed by atoms with van der Waals surface area (Å²) in [7, 11) is 0. The lowest BCUT2D eigenvalue weighted by Crippen LogP contribution is -2.64. The van der Waals surface area contributed by atoms with Crippen LogP contribution in [0.15, 0.2) is 22.6 Å². The van der Waals surface area contributed by atoms with E-state index < -0.39 is 0 Å². The van der Waals surface area contributed by atoms with Crippen molar-refractivity contribution in [3.8, 4) is 0 Å². The molecule has 6 nitrogen and oxygen atoms in total. The Bertz CT molecular complexity index is 696. The number of aromatic nitrogens is 1. The summed E-state index contributed by atoms with van der Waals surface area (Å²) in [5.74, 6) is 0.109. The molecule has 6 heteroatoms. The van der Waals surface area contributed by atoms with Crippen molar-refractivity contribution in [2.45, 2.75) is 13.0 Å². The lowest BCUT2D eigenvalue weighted by atomic mass is 10.1. The number of hydrogen-bond acceptors (Lipinski definition) is 5. The quantitative estimate of drug-likeness (QED) is 0.838. The van der Waals surface area contributed by atoms with Gasteiger partial charge < -0.3 is 14.6 Å². The van der Waals surface area contributed by atoms with E-state index in [0.29, 0.717) is 12.6 Å². The summed E-state index contributed by atoms with van der Waals surface area (Å²) < 4.78 is 5.84. The number of fused-ring (bicyclic) bond motifs is 2. The van der Waals surface area contributed by atoms with E-state index in [1.165, 1.54) is 5.56 Å². The molecule has 0 aliphatic carbocycles. The highest BCUT2D eigenvalue weighted by Crippen LogP contribution is 2.25. The highest BCUT2D eigenvalue weighted by molar-refractivity contribution is 5.83. The van der Waals surface area contributed by atoms with E-state index in [0.717, 1.165) is 37.3 Å². The molecule has 0 radical (unpaired) electrons. The van der Waals surface area contributed by atoms with Gasteiger partial charge in [0.2, 0.25) is 5.91 Å². The number of hydrogen-bond donors (Lipinski definition) is 1. The Morgan fingerprint density at radius 1 is 1.33 bits per heavy atom. The summed E-state index contributed by atoms with van der Waals surface area (Å²) in [4.78, 5) is 20.9. The van der Waals surface area contributed by atoms with Gasteiger partial charge in [-0.05, 0) is 24.6 Å². The van der Waals surface area contributed by atoms with Crippen LogP contribution in [0.3, 0.4) is 0 Å². The van der Waals surface area contributed by atoms with E-state index in [1.54, 1.807) is 0 Å². The molecule has 1 aromatic carbocycles. The average molecular weight is 286 g/mol. The predicted molar refractivity (Wildman–Crippen MR) is 79.3 cm³/mol. The normalized spacial score (nSPS) is 23.2. The predicted octanol–water partition coefficient (Wildman–Crippen LogP) is 0.757. The van der Waals surface area contributed by atoms with Crippen LogP contribution in [-0.4, -0.2) is 54.6 Å². The van der Waals surface area contributed by atoms with Gasteiger partial charge >= 0.3 is 0 Å². The van der Waals surface area contributed by atoms with Crippen molar-refractivity contribution < 1.29 is 9.21 Å². The number of oxazole rings is 1. The molecule has 2 aliphatic rings. The van der Waals surface area contributed by atoms with Crippen molar-refractivity contribution in [1.29, 1.82) is 0 Å². The Kier molecular flexibility index (Phi) is 2.85. The Morgan fingerprint density at radius 2 is 2.24 bits per heavy atom. The molecule has 0 spiro atoms. The van der Waals surface area contributed by atoms with E-state index >= 15 is 0 Å². The largest absolute Gasteiger partial charge is 0.423 e. The number of anilines is 1. The van der Waals surface area contributed by atoms with E-state index in [9.17, 15) is 4.79 Å². The third kappa shape index (κ3) is 2.15. The first-order chi connectivity index (χ1) is 10.2. The molecule has 4 rings (SSSR count). The highest BCUT2D eigenvalue weighted by Gasteiger charge is 2.36. The van der Waals surface area contributed by atoms with Crippen molar-refractivity contribution in [3.63, 3.8) is 0 Å². The summed E-state index contributed by atoms with van der Waals surface area (Å²) >= 11 is 0. The standard InChI is InChI=1S/C15H18N4O2/c1-10-2-3-13-11(8-10)17-15(21-13)19-7-6-18-5-4-16-14(20)12(18)9-19/h2-3,8,12H,4-7,9H2,1H3,(H,16,20). The van der Waals surface area contributed by atoms with Crippen LogP contribution in [0.5, 0.6) is 0 Å². The third-order valence-electron chi connectivity index (χ3n) is 4.29. The van der Waals surface area contributed by atoms with Crippen molar-refractivity contribution in [2.75, 3.05) is 37.6 Å². The molecule has 110 valence electrons. The zero-order chi connectivity index (χ0) is 14.4. The van der Waals surface area contributed by atoms with Crippen LogP contribution in [0.2, 0.25) is 0 Å². The summed E-state index contributed by atoms with van der Waals surface area (Å²) in [6.07, 6.45) is 0. The Balaban J connectivity index is 1.61. The maximum absolute atomic E-state index is 12.0. The Morgan fingerprint density at radius 3 is 3.14 bits per heavy atom. The molecule has 1 N–H and O–H groups in total. The molecule has 1 atom stereocenters. The van der Waals surface area contributed by atoms with Gasteiger partial charge in [-0.1, -0.05) is 6.07 Å². The van der Waals surface area contributed by atoms with Crippen LogP contribution >= 0.6 is 0 Å². The average Bonchev–Trinajstić information content (AvgIpc) is 2.90. The van der Waals surface area contributed by atoms with Gasteiger partial charge in [0, 0.05) is 32.7 Å². The van der Waals surface area contributed by atoms with Crippen LogP contribution in [-0.2, 0) is 4.79 Å². The van der Waals surface area contributed by atoms with Crippen molar-refractivity contribution in [3.05, 3.63) is 23.8 Å². The topological polar surface area (TPSA) is 61.6 Å². The number of piperazine rings is 2. The monoisotopic (exact) mass is 286 g/mol. The van der Waals surface area contributed by atoms with Crippen LogP contribution in [0.4, 0.5) is 6.01 Å². The van der Waals surface area contributed by atoms with E-state index in [-0.39, 0.29) is 11.9 Å². The maximum Gasteiger partial charge on any atom is 0.298 e. The lowest BCUT2D eigenvalue weighted by Gasteiger charge is -2.42. The van der Waals surface area contributed by atoms with Gasteiger partial charge in [-0.25, -0.2) is 0 Å². The van der Waals surface area contributed by atoms with Gasteiger partial charge in [0.15, 0.2) is 5.58 Å². The van der Waals surface area contributed by atoms with E-state index in [4.69, 9.17) is 4.42 Å². The summed E-state index contributed by atoms with van der Waals surface area (Å²) in [6.45, 7) is 6.07. The number of nitrogens with zero attached hydrogens (tertiary/aromatic N) is 3. The first-order valence-electron chi connectivity index (χ1n) is 7.34. The van der Waals surface area contributed by atoms with Crippen LogP contribution in [0.25, 0.3) is 11.1 Å². The molecule has 2 aliphatic heterocycles. The fourth-order valence-corrected chi connectivity index (χ4v) is 3.11. The molecule has 0 bridgehead atoms. The van der Waals surface area contributed by atoms with Gasteiger partial charge in [-0.15, -0.1) is 0 Å². The molecular formula is C15H18N4O2. The second kappa shape index (κ2) is 4.73. The number of aryl methyl sites for hydroxylation is 1. The molecule has 2 aromatic rings. The minimum Gasteiger partial charge on any atom is -0.423 e. The molecule has 0 saturated carbocycles. The van der Waals surface area contributed by atoms with Gasteiger partial charge in [-0.3, -0.25) is 9.69 Å². The smallest absolute Gasteiger partial charge is 0.298 e. The molecule has 21 heavy (non-hydrogen) atoms. The number of benzene rings is 1. The third-order valence-corrected chi connectivity index (χ3v) is 4.29. The first kappa shape index (κ1) is 12.6. The fourth-order valence-electron chi connectivity index (χ4n) is 3.11. The lowest BCUT2D eigenvalue weighted by molar-refractivity contribution is -0.129. The summed E-state index contributed by atoms with van der Waals surface area (Å²) in [5, 5.41) is 2.93. The number of carbonyl (C=O) groups excluding carboxylic acids is 1. The fraction of sp³-hybridized carbons (Fsp3) is 0.467. The minimum absolute atomic E-state index is 0.0933. The van der Waals surface area contributed by atoms with Gasteiger partial charge in [-0.2, -0.15) is 4.98 Å². The van der Waals surface area contributed by atoms with Gasteiger partial charge in [0.1, 0.15) is 11.6 Å². The highest BCUT2D eigenvalue weighted by atomic mass is 16.4. The number of nitrogens with one attached hydrogen (secondary N) is 1. The second-order valence-electron chi connectivity index (χ2n) is 5.76. The van der Waals surface area contributed by atoms with E-state index in [1.807, 2.05) is 25.1 Å². The number of amides is 1. The minimum atomic E-state index is -0.0933. The molecule has 1 unspecified atom stereocenters. The van der Waals surface area contributed by atoms with Crippen molar-refractivity contribution in [1.82, 2.24) is 15.2 Å². The van der Waals surface area contributed by atoms with Crippen LogP contribution in [0.1, 0.15) is 5.56 Å². The van der Waals surface area contributed by atoms with Gasteiger partial charge in [0.05, 0.1) is 0 Å².